The molecular weight excluding hydrogens is 428 g/mol. The molecule has 0 radical (unpaired) electrons. The lowest BCUT2D eigenvalue weighted by molar-refractivity contribution is 0.148. The number of sulfonamides is 2. The molecule has 0 spiro atoms. The zero-order valence-electron chi connectivity index (χ0n) is 16.4. The third-order valence-corrected chi connectivity index (χ3v) is 7.10. The maximum atomic E-state index is 11.3. The van der Waals surface area contributed by atoms with E-state index in [-0.39, 0.29) is 9.79 Å². The number of hydrogen-bond donors (Lipinski definition) is 2. The first-order valence-electron chi connectivity index (χ1n) is 9.62. The second-order valence-electron chi connectivity index (χ2n) is 7.54. The predicted molar refractivity (Wildman–Crippen MR) is 112 cm³/mol. The van der Waals surface area contributed by atoms with Crippen LogP contribution in [-0.4, -0.2) is 30.0 Å². The summed E-state index contributed by atoms with van der Waals surface area (Å²) in [6, 6.07) is 12.2. The quantitative estimate of drug-likeness (QED) is 0.627. The lowest BCUT2D eigenvalue weighted by Gasteiger charge is -2.28. The molecule has 4 N–H and O–H groups in total. The van der Waals surface area contributed by atoms with Gasteiger partial charge in [0.05, 0.1) is 23.0 Å². The van der Waals surface area contributed by atoms with Gasteiger partial charge in [-0.25, -0.2) is 27.1 Å². The van der Waals surface area contributed by atoms with Crippen molar-refractivity contribution in [2.45, 2.75) is 35.5 Å². The van der Waals surface area contributed by atoms with Gasteiger partial charge < -0.3 is 9.47 Å². The summed E-state index contributed by atoms with van der Waals surface area (Å²) in [5.41, 5.74) is 0. The van der Waals surface area contributed by atoms with Crippen molar-refractivity contribution in [3.8, 4) is 11.5 Å². The first kappa shape index (κ1) is 22.5. The summed E-state index contributed by atoms with van der Waals surface area (Å²) in [6.07, 6.45) is 4.09. The Morgan fingerprint density at radius 2 is 0.933 bits per heavy atom. The summed E-state index contributed by atoms with van der Waals surface area (Å²) >= 11 is 0. The lowest BCUT2D eigenvalue weighted by Crippen LogP contribution is -2.23. The number of hydrogen-bond acceptors (Lipinski definition) is 6. The maximum absolute atomic E-state index is 11.3. The fourth-order valence-electron chi connectivity index (χ4n) is 3.44. The highest BCUT2D eigenvalue weighted by molar-refractivity contribution is 7.89. The second kappa shape index (κ2) is 9.34. The van der Waals surface area contributed by atoms with E-state index in [1.165, 1.54) is 24.3 Å². The normalized spacial score (nSPS) is 19.9. The summed E-state index contributed by atoms with van der Waals surface area (Å²) in [5, 5.41) is 10.2. The predicted octanol–water partition coefficient (Wildman–Crippen LogP) is 2.25. The Labute approximate surface area is 177 Å². The van der Waals surface area contributed by atoms with Gasteiger partial charge in [0.1, 0.15) is 11.5 Å². The molecule has 8 nitrogen and oxygen atoms in total. The van der Waals surface area contributed by atoms with Crippen molar-refractivity contribution in [2.24, 2.45) is 22.1 Å². The van der Waals surface area contributed by atoms with Crippen molar-refractivity contribution < 1.29 is 26.3 Å². The molecule has 1 fully saturated rings. The van der Waals surface area contributed by atoms with Crippen LogP contribution in [0.4, 0.5) is 0 Å². The summed E-state index contributed by atoms with van der Waals surface area (Å²) in [6.45, 7) is 1.16. The van der Waals surface area contributed by atoms with Gasteiger partial charge in [0.25, 0.3) is 0 Å². The van der Waals surface area contributed by atoms with Gasteiger partial charge in [-0.3, -0.25) is 0 Å². The zero-order valence-corrected chi connectivity index (χ0v) is 18.1. The zero-order chi connectivity index (χ0) is 21.8. The van der Waals surface area contributed by atoms with Crippen LogP contribution in [0.15, 0.2) is 58.3 Å². The van der Waals surface area contributed by atoms with Crippen LogP contribution in [0.3, 0.4) is 0 Å². The van der Waals surface area contributed by atoms with Gasteiger partial charge in [0.2, 0.25) is 20.0 Å². The molecule has 0 aromatic heterocycles. The molecule has 0 atom stereocenters. The van der Waals surface area contributed by atoms with E-state index in [4.69, 9.17) is 19.8 Å². The van der Waals surface area contributed by atoms with Gasteiger partial charge in [-0.1, -0.05) is 0 Å². The third-order valence-electron chi connectivity index (χ3n) is 5.24. The van der Waals surface area contributed by atoms with Crippen LogP contribution in [0.1, 0.15) is 25.7 Å². The summed E-state index contributed by atoms with van der Waals surface area (Å²) in [7, 11) is -7.39. The fourth-order valence-corrected chi connectivity index (χ4v) is 4.47. The smallest absolute Gasteiger partial charge is 0.238 e. The first-order chi connectivity index (χ1) is 14.1. The Morgan fingerprint density at radius 1 is 0.633 bits per heavy atom. The van der Waals surface area contributed by atoms with Crippen molar-refractivity contribution in [1.82, 2.24) is 0 Å². The van der Waals surface area contributed by atoms with Gasteiger partial charge in [-0.2, -0.15) is 0 Å². The number of benzene rings is 2. The number of ether oxygens (including phenoxy) is 2. The first-order valence-corrected chi connectivity index (χ1v) is 12.7. The van der Waals surface area contributed by atoms with E-state index in [0.717, 1.165) is 25.7 Å². The molecule has 2 aromatic rings. The van der Waals surface area contributed by atoms with Crippen molar-refractivity contribution in [3.63, 3.8) is 0 Å². The van der Waals surface area contributed by atoms with E-state index < -0.39 is 20.0 Å². The van der Waals surface area contributed by atoms with Crippen molar-refractivity contribution in [2.75, 3.05) is 13.2 Å². The van der Waals surface area contributed by atoms with Crippen molar-refractivity contribution in [3.05, 3.63) is 48.5 Å². The number of nitrogens with two attached hydrogens (primary N) is 2. The SMILES string of the molecule is NS(=O)(=O)c1ccc(OCC2CCC(COc3ccc(S(N)(=O)=O)cc3)CC2)cc1. The Morgan fingerprint density at radius 3 is 1.20 bits per heavy atom. The molecule has 0 heterocycles. The van der Waals surface area contributed by atoms with E-state index in [1.807, 2.05) is 0 Å². The molecule has 3 rings (SSSR count). The molecule has 164 valence electrons. The molecule has 0 aliphatic heterocycles. The lowest BCUT2D eigenvalue weighted by atomic mass is 9.83. The van der Waals surface area contributed by atoms with Crippen LogP contribution in [-0.2, 0) is 20.0 Å². The van der Waals surface area contributed by atoms with Crippen LogP contribution in [0.5, 0.6) is 11.5 Å². The molecule has 1 saturated carbocycles. The fraction of sp³-hybridized carbons (Fsp3) is 0.400. The standard InChI is InChI=1S/C20H26N2O6S2/c21-29(23,24)19-9-5-17(6-10-19)27-13-15-1-2-16(4-3-15)14-28-18-7-11-20(12-8-18)30(22,25)26/h5-12,15-16H,1-4,13-14H2,(H2,21,23,24)(H2,22,25,26). The molecule has 1 aliphatic rings. The van der Waals surface area contributed by atoms with E-state index in [1.54, 1.807) is 24.3 Å². The van der Waals surface area contributed by atoms with Gasteiger partial charge in [-0.05, 0) is 86.1 Å². The van der Waals surface area contributed by atoms with Crippen LogP contribution in [0.25, 0.3) is 0 Å². The van der Waals surface area contributed by atoms with E-state index in [0.29, 0.717) is 36.5 Å². The molecule has 0 amide bonds. The highest BCUT2D eigenvalue weighted by atomic mass is 32.2. The molecule has 0 bridgehead atoms. The van der Waals surface area contributed by atoms with Crippen molar-refractivity contribution in [1.29, 1.82) is 0 Å². The minimum Gasteiger partial charge on any atom is -0.493 e. The van der Waals surface area contributed by atoms with Crippen LogP contribution >= 0.6 is 0 Å². The summed E-state index contributed by atoms with van der Waals surface area (Å²) in [5.74, 6) is 2.12. The summed E-state index contributed by atoms with van der Waals surface area (Å²) < 4.78 is 56.7. The van der Waals surface area contributed by atoms with Gasteiger partial charge in [0.15, 0.2) is 0 Å². The van der Waals surface area contributed by atoms with Crippen LogP contribution in [0, 0.1) is 11.8 Å². The monoisotopic (exact) mass is 454 g/mol. The minimum atomic E-state index is -3.70. The van der Waals surface area contributed by atoms with Gasteiger partial charge in [0, 0.05) is 0 Å². The largest absolute Gasteiger partial charge is 0.493 e. The van der Waals surface area contributed by atoms with Gasteiger partial charge in [-0.15, -0.1) is 0 Å². The second-order valence-corrected chi connectivity index (χ2v) is 10.7. The Bertz CT molecular complexity index is 956. The molecular formula is C20H26N2O6S2. The average molecular weight is 455 g/mol. The Kier molecular flexibility index (Phi) is 7.02. The van der Waals surface area contributed by atoms with Gasteiger partial charge >= 0.3 is 0 Å². The highest BCUT2D eigenvalue weighted by Gasteiger charge is 2.22. The van der Waals surface area contributed by atoms with E-state index in [9.17, 15) is 16.8 Å². The van der Waals surface area contributed by atoms with E-state index in [2.05, 4.69) is 0 Å². The van der Waals surface area contributed by atoms with E-state index >= 15 is 0 Å². The highest BCUT2D eigenvalue weighted by Crippen LogP contribution is 2.30. The maximum Gasteiger partial charge on any atom is 0.238 e. The number of primary sulfonamides is 2. The Balaban J connectivity index is 1.39. The average Bonchev–Trinajstić information content (AvgIpc) is 2.71. The third kappa shape index (κ3) is 6.43. The van der Waals surface area contributed by atoms with Crippen molar-refractivity contribution >= 4 is 20.0 Å². The topological polar surface area (TPSA) is 139 Å². The molecule has 10 heteroatoms. The minimum absolute atomic E-state index is 0.0645. The molecule has 2 aromatic carbocycles. The Hall–Kier alpha value is -2.14. The number of rotatable bonds is 8. The molecule has 1 aliphatic carbocycles. The molecule has 0 unspecified atom stereocenters. The van der Waals surface area contributed by atoms with Crippen LogP contribution in [0.2, 0.25) is 0 Å². The molecule has 0 saturated heterocycles. The van der Waals surface area contributed by atoms with Crippen LogP contribution < -0.4 is 19.8 Å². The molecule has 30 heavy (non-hydrogen) atoms. The summed E-state index contributed by atoms with van der Waals surface area (Å²) in [4.78, 5) is 0.129.